The van der Waals surface area contributed by atoms with Crippen molar-refractivity contribution in [3.8, 4) is 11.5 Å². The molecule has 1 amide bonds. The standard InChI is InChI=1S/C24H28FNO5/c1-5-26(6-2)23(27)13-16(3)19-9-12-21(22(14-19)30-15-24(28)29)31-17(4)18-7-10-20(25)11-8-18/h7-14,17H,5-6,15H2,1-4H3,(H,28,29)/b16-13-. The highest BCUT2D eigenvalue weighted by Crippen LogP contribution is 2.34. The minimum Gasteiger partial charge on any atom is -0.482 e. The number of carboxylic acid groups (broad SMARTS) is 1. The van der Waals surface area contributed by atoms with Gasteiger partial charge in [0.1, 0.15) is 11.9 Å². The van der Waals surface area contributed by atoms with Gasteiger partial charge in [-0.1, -0.05) is 18.2 Å². The van der Waals surface area contributed by atoms with Crippen LogP contribution in [0.1, 0.15) is 44.9 Å². The SMILES string of the molecule is CCN(CC)C(=O)/C=C(/C)c1ccc(OC(C)c2ccc(F)cc2)c(OCC(=O)O)c1. The first-order valence-corrected chi connectivity index (χ1v) is 10.1. The Kier molecular flexibility index (Phi) is 8.61. The average molecular weight is 429 g/mol. The molecule has 0 aliphatic carbocycles. The molecule has 0 bridgehead atoms. The van der Waals surface area contributed by atoms with Crippen LogP contribution in [0.15, 0.2) is 48.5 Å². The minimum atomic E-state index is -1.12. The van der Waals surface area contributed by atoms with Crippen LogP contribution >= 0.6 is 0 Å². The lowest BCUT2D eigenvalue weighted by molar-refractivity contribution is -0.139. The smallest absolute Gasteiger partial charge is 0.341 e. The minimum absolute atomic E-state index is 0.0965. The van der Waals surface area contributed by atoms with Crippen LogP contribution < -0.4 is 9.47 Å². The van der Waals surface area contributed by atoms with Crippen molar-refractivity contribution in [2.24, 2.45) is 0 Å². The number of hydrogen-bond donors (Lipinski definition) is 1. The maximum atomic E-state index is 13.2. The maximum absolute atomic E-state index is 13.2. The highest BCUT2D eigenvalue weighted by atomic mass is 19.1. The van der Waals surface area contributed by atoms with Crippen molar-refractivity contribution >= 4 is 17.4 Å². The van der Waals surface area contributed by atoms with E-state index in [1.165, 1.54) is 12.1 Å². The number of benzene rings is 2. The van der Waals surface area contributed by atoms with Gasteiger partial charge in [0.25, 0.3) is 0 Å². The molecular weight excluding hydrogens is 401 g/mol. The van der Waals surface area contributed by atoms with Crippen LogP contribution in [0, 0.1) is 5.82 Å². The van der Waals surface area contributed by atoms with Gasteiger partial charge in [-0.05, 0) is 68.7 Å². The van der Waals surface area contributed by atoms with Crippen LogP contribution in [0.4, 0.5) is 4.39 Å². The highest BCUT2D eigenvalue weighted by Gasteiger charge is 2.15. The predicted molar refractivity (Wildman–Crippen MR) is 117 cm³/mol. The van der Waals surface area contributed by atoms with Crippen LogP contribution in [-0.2, 0) is 9.59 Å². The molecule has 2 aromatic carbocycles. The van der Waals surface area contributed by atoms with Crippen LogP contribution in [0.25, 0.3) is 5.57 Å². The number of amides is 1. The first kappa shape index (κ1) is 23.9. The summed E-state index contributed by atoms with van der Waals surface area (Å²) < 4.78 is 24.6. The van der Waals surface area contributed by atoms with E-state index in [9.17, 15) is 14.0 Å². The first-order valence-electron chi connectivity index (χ1n) is 10.1. The van der Waals surface area contributed by atoms with Crippen LogP contribution in [0.5, 0.6) is 11.5 Å². The van der Waals surface area contributed by atoms with Crippen molar-refractivity contribution in [1.82, 2.24) is 4.90 Å². The normalized spacial score (nSPS) is 12.2. The van der Waals surface area contributed by atoms with Gasteiger partial charge in [0.15, 0.2) is 18.1 Å². The largest absolute Gasteiger partial charge is 0.482 e. The fraction of sp³-hybridized carbons (Fsp3) is 0.333. The number of carboxylic acids is 1. The lowest BCUT2D eigenvalue weighted by Crippen LogP contribution is -2.28. The second-order valence-corrected chi connectivity index (χ2v) is 6.99. The summed E-state index contributed by atoms with van der Waals surface area (Å²) in [5.41, 5.74) is 2.19. The molecule has 31 heavy (non-hydrogen) atoms. The van der Waals surface area contributed by atoms with Gasteiger partial charge in [0, 0.05) is 19.2 Å². The van der Waals surface area contributed by atoms with Gasteiger partial charge in [-0.25, -0.2) is 9.18 Å². The van der Waals surface area contributed by atoms with Gasteiger partial charge in [0.2, 0.25) is 5.91 Å². The summed E-state index contributed by atoms with van der Waals surface area (Å²) in [6.07, 6.45) is 1.13. The fourth-order valence-electron chi connectivity index (χ4n) is 2.99. The molecule has 0 saturated heterocycles. The lowest BCUT2D eigenvalue weighted by Gasteiger charge is -2.19. The Morgan fingerprint density at radius 2 is 1.74 bits per heavy atom. The van der Waals surface area contributed by atoms with Crippen molar-refractivity contribution in [3.63, 3.8) is 0 Å². The second kappa shape index (κ2) is 11.2. The summed E-state index contributed by atoms with van der Waals surface area (Å²) in [6, 6.07) is 11.0. The van der Waals surface area contributed by atoms with E-state index in [2.05, 4.69) is 0 Å². The fourth-order valence-corrected chi connectivity index (χ4v) is 2.99. The number of allylic oxidation sites excluding steroid dienone is 1. The molecule has 0 radical (unpaired) electrons. The molecule has 6 nitrogen and oxygen atoms in total. The van der Waals surface area contributed by atoms with Crippen molar-refractivity contribution < 1.29 is 28.6 Å². The quantitative estimate of drug-likeness (QED) is 0.554. The molecule has 1 N–H and O–H groups in total. The third-order valence-electron chi connectivity index (χ3n) is 4.81. The number of rotatable bonds is 10. The van der Waals surface area contributed by atoms with E-state index in [0.29, 0.717) is 24.4 Å². The predicted octanol–water partition coefficient (Wildman–Crippen LogP) is 4.70. The summed E-state index contributed by atoms with van der Waals surface area (Å²) in [7, 11) is 0. The summed E-state index contributed by atoms with van der Waals surface area (Å²) in [6.45, 7) is 8.12. The van der Waals surface area contributed by atoms with E-state index in [0.717, 1.165) is 11.1 Å². The molecular formula is C24H28FNO5. The third-order valence-corrected chi connectivity index (χ3v) is 4.81. The molecule has 0 heterocycles. The number of carbonyl (C=O) groups is 2. The molecule has 2 aromatic rings. The van der Waals surface area contributed by atoms with Crippen molar-refractivity contribution in [3.05, 3.63) is 65.5 Å². The molecule has 0 aliphatic heterocycles. The van der Waals surface area contributed by atoms with E-state index in [4.69, 9.17) is 14.6 Å². The number of carbonyl (C=O) groups excluding carboxylic acids is 1. The van der Waals surface area contributed by atoms with Gasteiger partial charge >= 0.3 is 5.97 Å². The maximum Gasteiger partial charge on any atom is 0.341 e. The summed E-state index contributed by atoms with van der Waals surface area (Å²) in [4.78, 5) is 25.1. The van der Waals surface area contributed by atoms with Gasteiger partial charge < -0.3 is 19.5 Å². The summed E-state index contributed by atoms with van der Waals surface area (Å²) >= 11 is 0. The molecule has 166 valence electrons. The molecule has 1 atom stereocenters. The van der Waals surface area contributed by atoms with Gasteiger partial charge in [0.05, 0.1) is 0 Å². The van der Waals surface area contributed by atoms with Gasteiger partial charge in [-0.15, -0.1) is 0 Å². The number of hydrogen-bond acceptors (Lipinski definition) is 4. The Morgan fingerprint density at radius 1 is 1.10 bits per heavy atom. The Bertz CT molecular complexity index is 935. The zero-order valence-corrected chi connectivity index (χ0v) is 18.2. The monoisotopic (exact) mass is 429 g/mol. The Hall–Kier alpha value is -3.35. The average Bonchev–Trinajstić information content (AvgIpc) is 2.74. The highest BCUT2D eigenvalue weighted by molar-refractivity contribution is 5.95. The Morgan fingerprint density at radius 3 is 2.32 bits per heavy atom. The van der Waals surface area contributed by atoms with E-state index < -0.39 is 18.7 Å². The zero-order chi connectivity index (χ0) is 23.0. The van der Waals surface area contributed by atoms with E-state index in [1.807, 2.05) is 13.8 Å². The lowest BCUT2D eigenvalue weighted by atomic mass is 10.1. The number of likely N-dealkylation sites (N-methyl/N-ethyl adjacent to an activating group) is 1. The van der Waals surface area contributed by atoms with Crippen LogP contribution in [0.2, 0.25) is 0 Å². The van der Waals surface area contributed by atoms with Gasteiger partial charge in [-0.3, -0.25) is 4.79 Å². The zero-order valence-electron chi connectivity index (χ0n) is 18.2. The number of ether oxygens (including phenoxy) is 2. The number of nitrogens with zero attached hydrogens (tertiary/aromatic N) is 1. The Balaban J connectivity index is 2.31. The van der Waals surface area contributed by atoms with Gasteiger partial charge in [-0.2, -0.15) is 0 Å². The molecule has 2 rings (SSSR count). The molecule has 0 saturated carbocycles. The molecule has 0 aliphatic rings. The Labute approximate surface area is 181 Å². The molecule has 0 fully saturated rings. The van der Waals surface area contributed by atoms with E-state index in [1.54, 1.807) is 55.2 Å². The number of halogens is 1. The van der Waals surface area contributed by atoms with E-state index >= 15 is 0 Å². The van der Waals surface area contributed by atoms with Crippen LogP contribution in [0.3, 0.4) is 0 Å². The van der Waals surface area contributed by atoms with Crippen LogP contribution in [-0.4, -0.2) is 41.6 Å². The molecule has 0 aromatic heterocycles. The topological polar surface area (TPSA) is 76.1 Å². The number of aliphatic carboxylic acids is 1. The molecule has 1 unspecified atom stereocenters. The summed E-state index contributed by atoms with van der Waals surface area (Å²) in [5, 5.41) is 9.00. The molecule has 7 heteroatoms. The second-order valence-electron chi connectivity index (χ2n) is 6.99. The third kappa shape index (κ3) is 6.84. The first-order chi connectivity index (χ1) is 14.7. The van der Waals surface area contributed by atoms with E-state index in [-0.39, 0.29) is 17.5 Å². The van der Waals surface area contributed by atoms with Crippen molar-refractivity contribution in [2.45, 2.75) is 33.8 Å². The molecule has 0 spiro atoms. The van der Waals surface area contributed by atoms with Crippen molar-refractivity contribution in [1.29, 1.82) is 0 Å². The summed E-state index contributed by atoms with van der Waals surface area (Å²) in [5.74, 6) is -0.957. The van der Waals surface area contributed by atoms with Crippen molar-refractivity contribution in [2.75, 3.05) is 19.7 Å².